The van der Waals surface area contributed by atoms with Gasteiger partial charge in [0.2, 0.25) is 0 Å². The number of carbonyl (C=O) groups excluding carboxylic acids is 2. The molecule has 4 nitrogen and oxygen atoms in total. The number of hydrogen-bond donors (Lipinski definition) is 0. The highest BCUT2D eigenvalue weighted by Crippen LogP contribution is 2.10. The maximum absolute atomic E-state index is 12.2. The first-order chi connectivity index (χ1) is 10.1. The molecule has 1 amide bonds. The van der Waals surface area contributed by atoms with Gasteiger partial charge in [0, 0.05) is 19.2 Å². The summed E-state index contributed by atoms with van der Waals surface area (Å²) in [6.45, 7) is 0.481. The first-order valence-electron chi connectivity index (χ1n) is 6.59. The van der Waals surface area contributed by atoms with Crippen molar-refractivity contribution in [1.82, 2.24) is 4.90 Å². The zero-order valence-corrected chi connectivity index (χ0v) is 12.1. The average molecular weight is 283 g/mol. The molecule has 0 aliphatic carbocycles. The Bertz CT molecular complexity index is 620. The van der Waals surface area contributed by atoms with Crippen molar-refractivity contribution in [2.24, 2.45) is 0 Å². The molecule has 0 fully saturated rings. The lowest BCUT2D eigenvalue weighted by Gasteiger charge is -2.17. The third-order valence-corrected chi connectivity index (χ3v) is 3.16. The molecule has 0 bridgehead atoms. The van der Waals surface area contributed by atoms with Crippen LogP contribution in [0.1, 0.15) is 26.3 Å². The Morgan fingerprint density at radius 1 is 0.952 bits per heavy atom. The number of ether oxygens (including phenoxy) is 1. The van der Waals surface area contributed by atoms with Crippen LogP contribution in [0.25, 0.3) is 0 Å². The molecule has 0 radical (unpaired) electrons. The zero-order chi connectivity index (χ0) is 15.2. The highest BCUT2D eigenvalue weighted by molar-refractivity contribution is 5.94. The van der Waals surface area contributed by atoms with Gasteiger partial charge in [-0.05, 0) is 29.8 Å². The van der Waals surface area contributed by atoms with Gasteiger partial charge in [-0.1, -0.05) is 30.3 Å². The molecular formula is C17H17NO3. The van der Waals surface area contributed by atoms with Crippen LogP contribution >= 0.6 is 0 Å². The number of carbonyl (C=O) groups is 2. The summed E-state index contributed by atoms with van der Waals surface area (Å²) in [7, 11) is 3.10. The summed E-state index contributed by atoms with van der Waals surface area (Å²) in [4.78, 5) is 25.2. The van der Waals surface area contributed by atoms with E-state index in [2.05, 4.69) is 4.74 Å². The van der Waals surface area contributed by atoms with Gasteiger partial charge in [-0.25, -0.2) is 4.79 Å². The van der Waals surface area contributed by atoms with Gasteiger partial charge in [0.15, 0.2) is 0 Å². The molecule has 21 heavy (non-hydrogen) atoms. The number of methoxy groups -OCH3 is 1. The Kier molecular flexibility index (Phi) is 4.72. The van der Waals surface area contributed by atoms with E-state index in [1.54, 1.807) is 36.2 Å². The molecule has 0 atom stereocenters. The molecule has 2 aromatic rings. The molecule has 0 heterocycles. The maximum atomic E-state index is 12.2. The highest BCUT2D eigenvalue weighted by atomic mass is 16.5. The van der Waals surface area contributed by atoms with Crippen molar-refractivity contribution in [1.29, 1.82) is 0 Å². The van der Waals surface area contributed by atoms with E-state index in [0.717, 1.165) is 5.56 Å². The van der Waals surface area contributed by atoms with Crippen molar-refractivity contribution in [2.45, 2.75) is 6.54 Å². The highest BCUT2D eigenvalue weighted by Gasteiger charge is 2.12. The summed E-state index contributed by atoms with van der Waals surface area (Å²) in [5, 5.41) is 0. The Hall–Kier alpha value is -2.62. The summed E-state index contributed by atoms with van der Waals surface area (Å²) in [6.07, 6.45) is 0. The second-order valence-corrected chi connectivity index (χ2v) is 4.72. The van der Waals surface area contributed by atoms with E-state index < -0.39 is 0 Å². The lowest BCUT2D eigenvalue weighted by molar-refractivity contribution is 0.0600. The Morgan fingerprint density at radius 2 is 1.57 bits per heavy atom. The molecule has 0 aliphatic heterocycles. The molecule has 0 spiro atoms. The molecule has 2 aromatic carbocycles. The van der Waals surface area contributed by atoms with Crippen molar-refractivity contribution < 1.29 is 14.3 Å². The van der Waals surface area contributed by atoms with Crippen molar-refractivity contribution >= 4 is 11.9 Å². The molecule has 0 N–H and O–H groups in total. The monoisotopic (exact) mass is 283 g/mol. The lowest BCUT2D eigenvalue weighted by atomic mass is 10.1. The van der Waals surface area contributed by atoms with Gasteiger partial charge >= 0.3 is 5.97 Å². The minimum Gasteiger partial charge on any atom is -0.465 e. The standard InChI is InChI=1S/C17H17NO3/c1-18(16(19)14-6-4-3-5-7-14)12-13-8-10-15(11-9-13)17(20)21-2/h3-11H,12H2,1-2H3. The predicted molar refractivity (Wildman–Crippen MR) is 80.0 cm³/mol. The molecule has 0 saturated heterocycles. The first kappa shape index (κ1) is 14.8. The number of hydrogen-bond acceptors (Lipinski definition) is 3. The lowest BCUT2D eigenvalue weighted by Crippen LogP contribution is -2.26. The molecular weight excluding hydrogens is 266 g/mol. The molecule has 0 saturated carbocycles. The fourth-order valence-electron chi connectivity index (χ4n) is 2.01. The van der Waals surface area contributed by atoms with E-state index in [1.807, 2.05) is 30.3 Å². The van der Waals surface area contributed by atoms with Crippen LogP contribution in [0.2, 0.25) is 0 Å². The molecule has 0 unspecified atom stereocenters. The maximum Gasteiger partial charge on any atom is 0.337 e. The van der Waals surface area contributed by atoms with Gasteiger partial charge in [-0.2, -0.15) is 0 Å². The van der Waals surface area contributed by atoms with Crippen LogP contribution in [0.5, 0.6) is 0 Å². The summed E-state index contributed by atoms with van der Waals surface area (Å²) in [6, 6.07) is 16.2. The molecule has 0 aromatic heterocycles. The molecule has 2 rings (SSSR count). The first-order valence-corrected chi connectivity index (χ1v) is 6.59. The van der Waals surface area contributed by atoms with Crippen LogP contribution in [0.4, 0.5) is 0 Å². The number of nitrogens with zero attached hydrogens (tertiary/aromatic N) is 1. The van der Waals surface area contributed by atoms with Crippen LogP contribution in [0.3, 0.4) is 0 Å². The largest absolute Gasteiger partial charge is 0.465 e. The molecule has 4 heteroatoms. The SMILES string of the molecule is COC(=O)c1ccc(CN(C)C(=O)c2ccccc2)cc1. The van der Waals surface area contributed by atoms with E-state index >= 15 is 0 Å². The number of amides is 1. The Labute approximate surface area is 124 Å². The third-order valence-electron chi connectivity index (χ3n) is 3.16. The van der Waals surface area contributed by atoms with Gasteiger partial charge in [0.25, 0.3) is 5.91 Å². The van der Waals surface area contributed by atoms with E-state index in [-0.39, 0.29) is 11.9 Å². The summed E-state index contributed by atoms with van der Waals surface area (Å²) in [5.41, 5.74) is 2.11. The van der Waals surface area contributed by atoms with Crippen molar-refractivity contribution in [2.75, 3.05) is 14.2 Å². The van der Waals surface area contributed by atoms with E-state index in [0.29, 0.717) is 17.7 Å². The quantitative estimate of drug-likeness (QED) is 0.811. The van der Waals surface area contributed by atoms with Gasteiger partial charge in [0.1, 0.15) is 0 Å². The van der Waals surface area contributed by atoms with E-state index in [1.165, 1.54) is 7.11 Å². The fraction of sp³-hybridized carbons (Fsp3) is 0.176. The van der Waals surface area contributed by atoms with E-state index in [4.69, 9.17) is 0 Å². The number of rotatable bonds is 4. The number of esters is 1. The second-order valence-electron chi connectivity index (χ2n) is 4.72. The van der Waals surface area contributed by atoms with Gasteiger partial charge < -0.3 is 9.64 Å². The minimum absolute atomic E-state index is 0.0346. The smallest absolute Gasteiger partial charge is 0.337 e. The van der Waals surface area contributed by atoms with Crippen molar-refractivity contribution in [3.05, 3.63) is 71.3 Å². The third kappa shape index (κ3) is 3.69. The minimum atomic E-state index is -0.365. The second kappa shape index (κ2) is 6.70. The average Bonchev–Trinajstić information content (AvgIpc) is 2.55. The Balaban J connectivity index is 2.04. The Morgan fingerprint density at radius 3 is 2.14 bits per heavy atom. The predicted octanol–water partition coefficient (Wildman–Crippen LogP) is 2.75. The van der Waals surface area contributed by atoms with Crippen molar-refractivity contribution in [3.8, 4) is 0 Å². The van der Waals surface area contributed by atoms with Crippen LogP contribution in [-0.2, 0) is 11.3 Å². The van der Waals surface area contributed by atoms with Crippen LogP contribution in [0.15, 0.2) is 54.6 Å². The summed E-state index contributed by atoms with van der Waals surface area (Å²) >= 11 is 0. The van der Waals surface area contributed by atoms with Crippen LogP contribution < -0.4 is 0 Å². The molecule has 0 aliphatic rings. The molecule has 108 valence electrons. The van der Waals surface area contributed by atoms with E-state index in [9.17, 15) is 9.59 Å². The summed E-state index contributed by atoms with van der Waals surface area (Å²) in [5.74, 6) is -0.400. The zero-order valence-electron chi connectivity index (χ0n) is 12.1. The number of benzene rings is 2. The normalized spacial score (nSPS) is 10.0. The summed E-state index contributed by atoms with van der Waals surface area (Å²) < 4.78 is 4.65. The topological polar surface area (TPSA) is 46.6 Å². The van der Waals surface area contributed by atoms with Crippen LogP contribution in [-0.4, -0.2) is 30.9 Å². The fourth-order valence-corrected chi connectivity index (χ4v) is 2.01. The van der Waals surface area contributed by atoms with Crippen molar-refractivity contribution in [3.63, 3.8) is 0 Å². The van der Waals surface area contributed by atoms with Gasteiger partial charge in [0.05, 0.1) is 12.7 Å². The van der Waals surface area contributed by atoms with Gasteiger partial charge in [-0.15, -0.1) is 0 Å². The van der Waals surface area contributed by atoms with Gasteiger partial charge in [-0.3, -0.25) is 4.79 Å². The van der Waals surface area contributed by atoms with Crippen LogP contribution in [0, 0.1) is 0 Å².